The Hall–Kier alpha value is -2.10. The second kappa shape index (κ2) is 5.90. The molecule has 20 heavy (non-hydrogen) atoms. The van der Waals surface area contributed by atoms with Crippen molar-refractivity contribution in [1.29, 1.82) is 0 Å². The molecule has 0 aliphatic rings. The highest BCUT2D eigenvalue weighted by Crippen LogP contribution is 2.27. The Bertz CT molecular complexity index is 580. The van der Waals surface area contributed by atoms with Gasteiger partial charge in [-0.1, -0.05) is 29.4 Å². The molecule has 4 nitrogen and oxygen atoms in total. The summed E-state index contributed by atoms with van der Waals surface area (Å²) in [6.07, 6.45) is 0.821. The number of nitrogens with zero attached hydrogens (tertiary/aromatic N) is 1. The molecule has 0 aliphatic carbocycles. The summed E-state index contributed by atoms with van der Waals surface area (Å²) in [5.41, 5.74) is 4.27. The molecule has 0 saturated carbocycles. The molecule has 0 fully saturated rings. The van der Waals surface area contributed by atoms with Crippen molar-refractivity contribution < 1.29 is 9.32 Å². The van der Waals surface area contributed by atoms with Crippen LogP contribution in [-0.4, -0.2) is 17.1 Å². The molecule has 0 bridgehead atoms. The first-order valence-corrected chi connectivity index (χ1v) is 6.76. The summed E-state index contributed by atoms with van der Waals surface area (Å²) in [7, 11) is 0. The third kappa shape index (κ3) is 3.26. The number of hydrogen-bond donors (Lipinski definition) is 1. The average molecular weight is 272 g/mol. The molecule has 106 valence electrons. The molecule has 1 unspecified atom stereocenters. The molecular weight excluding hydrogens is 252 g/mol. The summed E-state index contributed by atoms with van der Waals surface area (Å²) in [6, 6.07) is 8.45. The van der Waals surface area contributed by atoms with E-state index in [4.69, 9.17) is 4.52 Å². The van der Waals surface area contributed by atoms with Crippen LogP contribution in [0.4, 0.5) is 0 Å². The Labute approximate surface area is 119 Å². The lowest BCUT2D eigenvalue weighted by atomic mass is 10.00. The Kier molecular flexibility index (Phi) is 4.23. The third-order valence-corrected chi connectivity index (χ3v) is 3.27. The predicted octanol–water partition coefficient (Wildman–Crippen LogP) is 3.03. The summed E-state index contributed by atoms with van der Waals surface area (Å²) >= 11 is 0. The van der Waals surface area contributed by atoms with Gasteiger partial charge in [0.05, 0.1) is 5.69 Å². The van der Waals surface area contributed by atoms with E-state index in [-0.39, 0.29) is 11.9 Å². The van der Waals surface area contributed by atoms with Crippen molar-refractivity contribution in [3.05, 3.63) is 41.3 Å². The number of rotatable bonds is 4. The fourth-order valence-corrected chi connectivity index (χ4v) is 2.45. The van der Waals surface area contributed by atoms with Gasteiger partial charge in [-0.25, -0.2) is 0 Å². The Balaban J connectivity index is 2.13. The van der Waals surface area contributed by atoms with Crippen molar-refractivity contribution in [3.8, 4) is 11.1 Å². The number of amides is 1. The number of carbonyl (C=O) groups is 1. The number of aromatic nitrogens is 1. The smallest absolute Gasteiger partial charge is 0.217 e. The monoisotopic (exact) mass is 272 g/mol. The first kappa shape index (κ1) is 14.3. The molecule has 1 aromatic carbocycles. The van der Waals surface area contributed by atoms with Crippen molar-refractivity contribution >= 4 is 5.91 Å². The minimum atomic E-state index is 0.00448. The Morgan fingerprint density at radius 1 is 1.30 bits per heavy atom. The second-order valence-electron chi connectivity index (χ2n) is 5.20. The van der Waals surface area contributed by atoms with Gasteiger partial charge in [0.1, 0.15) is 5.76 Å². The van der Waals surface area contributed by atoms with E-state index in [2.05, 4.69) is 34.7 Å². The van der Waals surface area contributed by atoms with Crippen molar-refractivity contribution in [2.75, 3.05) is 0 Å². The van der Waals surface area contributed by atoms with E-state index >= 15 is 0 Å². The maximum absolute atomic E-state index is 11.0. The molecule has 2 aromatic rings. The number of carbonyl (C=O) groups excluding carboxylic acids is 1. The van der Waals surface area contributed by atoms with E-state index in [0.29, 0.717) is 0 Å². The molecule has 4 heteroatoms. The summed E-state index contributed by atoms with van der Waals surface area (Å²) in [4.78, 5) is 11.0. The molecule has 2 rings (SSSR count). The number of benzene rings is 1. The van der Waals surface area contributed by atoms with E-state index in [9.17, 15) is 4.79 Å². The van der Waals surface area contributed by atoms with Gasteiger partial charge in [0, 0.05) is 18.5 Å². The summed E-state index contributed by atoms with van der Waals surface area (Å²) in [5.74, 6) is 0.840. The fourth-order valence-electron chi connectivity index (χ4n) is 2.45. The summed E-state index contributed by atoms with van der Waals surface area (Å²) in [6.45, 7) is 7.40. The minimum Gasteiger partial charge on any atom is -0.361 e. The minimum absolute atomic E-state index is 0.00448. The van der Waals surface area contributed by atoms with E-state index in [1.165, 1.54) is 12.5 Å². The third-order valence-electron chi connectivity index (χ3n) is 3.27. The molecule has 1 aromatic heterocycles. The van der Waals surface area contributed by atoms with E-state index in [1.807, 2.05) is 20.8 Å². The zero-order chi connectivity index (χ0) is 14.7. The Morgan fingerprint density at radius 3 is 2.45 bits per heavy atom. The van der Waals surface area contributed by atoms with Crippen LogP contribution in [-0.2, 0) is 11.2 Å². The van der Waals surface area contributed by atoms with Crippen LogP contribution in [0, 0.1) is 13.8 Å². The molecular formula is C16H20N2O2. The lowest BCUT2D eigenvalue weighted by molar-refractivity contribution is -0.119. The van der Waals surface area contributed by atoms with Crippen molar-refractivity contribution in [3.63, 3.8) is 0 Å². The quantitative estimate of drug-likeness (QED) is 0.930. The SMILES string of the molecule is CC(=O)NC(C)Cc1ccc(-c2c(C)noc2C)cc1. The topological polar surface area (TPSA) is 55.1 Å². The molecule has 1 amide bonds. The molecule has 0 aliphatic heterocycles. The molecule has 1 atom stereocenters. The lowest BCUT2D eigenvalue weighted by Gasteiger charge is -2.12. The molecule has 0 spiro atoms. The zero-order valence-electron chi connectivity index (χ0n) is 12.4. The molecule has 0 saturated heterocycles. The predicted molar refractivity (Wildman–Crippen MR) is 78.4 cm³/mol. The highest BCUT2D eigenvalue weighted by Gasteiger charge is 2.11. The number of aryl methyl sites for hydroxylation is 2. The summed E-state index contributed by atoms with van der Waals surface area (Å²) in [5, 5.41) is 6.86. The lowest BCUT2D eigenvalue weighted by Crippen LogP contribution is -2.31. The van der Waals surface area contributed by atoms with Crippen LogP contribution in [0.5, 0.6) is 0 Å². The van der Waals surface area contributed by atoms with E-state index < -0.39 is 0 Å². The van der Waals surface area contributed by atoms with Gasteiger partial charge >= 0.3 is 0 Å². The van der Waals surface area contributed by atoms with Crippen LogP contribution in [0.15, 0.2) is 28.8 Å². The second-order valence-corrected chi connectivity index (χ2v) is 5.20. The van der Waals surface area contributed by atoms with Gasteiger partial charge in [0.25, 0.3) is 0 Å². The molecule has 1 heterocycles. The zero-order valence-corrected chi connectivity index (χ0v) is 12.4. The highest BCUT2D eigenvalue weighted by molar-refractivity contribution is 5.73. The summed E-state index contributed by atoms with van der Waals surface area (Å²) < 4.78 is 5.19. The van der Waals surface area contributed by atoms with Gasteiger partial charge < -0.3 is 9.84 Å². The van der Waals surface area contributed by atoms with Crippen LogP contribution in [0.1, 0.15) is 30.9 Å². The average Bonchev–Trinajstić information content (AvgIpc) is 2.69. The fraction of sp³-hybridized carbons (Fsp3) is 0.375. The van der Waals surface area contributed by atoms with Crippen molar-refractivity contribution in [2.24, 2.45) is 0 Å². The largest absolute Gasteiger partial charge is 0.361 e. The first-order valence-electron chi connectivity index (χ1n) is 6.76. The van der Waals surface area contributed by atoms with Gasteiger partial charge in [-0.3, -0.25) is 4.79 Å². The van der Waals surface area contributed by atoms with E-state index in [0.717, 1.165) is 29.0 Å². The van der Waals surface area contributed by atoms with Crippen LogP contribution >= 0.6 is 0 Å². The number of hydrogen-bond acceptors (Lipinski definition) is 3. The van der Waals surface area contributed by atoms with Gasteiger partial charge in [-0.15, -0.1) is 0 Å². The highest BCUT2D eigenvalue weighted by atomic mass is 16.5. The maximum atomic E-state index is 11.0. The van der Waals surface area contributed by atoms with Crippen LogP contribution < -0.4 is 5.32 Å². The molecule has 0 radical (unpaired) electrons. The standard InChI is InChI=1S/C16H20N2O2/c1-10(17-13(4)19)9-14-5-7-15(8-6-14)16-11(2)18-20-12(16)3/h5-8,10H,9H2,1-4H3,(H,17,19). The van der Waals surface area contributed by atoms with Crippen LogP contribution in [0.2, 0.25) is 0 Å². The van der Waals surface area contributed by atoms with E-state index in [1.54, 1.807) is 0 Å². The van der Waals surface area contributed by atoms with Gasteiger partial charge in [0.2, 0.25) is 5.91 Å². The van der Waals surface area contributed by atoms with Crippen LogP contribution in [0.25, 0.3) is 11.1 Å². The van der Waals surface area contributed by atoms with Crippen LogP contribution in [0.3, 0.4) is 0 Å². The first-order chi connectivity index (χ1) is 9.47. The van der Waals surface area contributed by atoms with Gasteiger partial charge in [-0.2, -0.15) is 0 Å². The van der Waals surface area contributed by atoms with Gasteiger partial charge in [0.15, 0.2) is 0 Å². The number of nitrogens with one attached hydrogen (secondary N) is 1. The Morgan fingerprint density at radius 2 is 1.95 bits per heavy atom. The van der Waals surface area contributed by atoms with Crippen molar-refractivity contribution in [2.45, 2.75) is 40.2 Å². The maximum Gasteiger partial charge on any atom is 0.217 e. The normalized spacial score (nSPS) is 12.2. The molecule has 1 N–H and O–H groups in total. The van der Waals surface area contributed by atoms with Gasteiger partial charge in [-0.05, 0) is 38.3 Å². The van der Waals surface area contributed by atoms with Crippen molar-refractivity contribution in [1.82, 2.24) is 10.5 Å².